The van der Waals surface area contributed by atoms with Crippen LogP contribution >= 0.6 is 11.3 Å². The maximum absolute atomic E-state index is 13.8. The molecule has 2 N–H and O–H groups in total. The van der Waals surface area contributed by atoms with Crippen LogP contribution in [0.1, 0.15) is 87.2 Å². The van der Waals surface area contributed by atoms with E-state index >= 15 is 0 Å². The number of aromatic carboxylic acids is 1. The van der Waals surface area contributed by atoms with Gasteiger partial charge in [-0.05, 0) is 50.0 Å². The molecule has 1 aromatic heterocycles. The van der Waals surface area contributed by atoms with Gasteiger partial charge in [-0.1, -0.05) is 40.0 Å². The van der Waals surface area contributed by atoms with Gasteiger partial charge in [0.05, 0.1) is 18.3 Å². The molecule has 0 radical (unpaired) electrons. The van der Waals surface area contributed by atoms with E-state index in [-0.39, 0.29) is 28.8 Å². The predicted molar refractivity (Wildman–Crippen MR) is 119 cm³/mol. The third kappa shape index (κ3) is 4.58. The van der Waals surface area contributed by atoms with E-state index in [2.05, 4.69) is 20.8 Å². The smallest absolute Gasteiger partial charge is 0.348 e. The summed E-state index contributed by atoms with van der Waals surface area (Å²) < 4.78 is 6.13. The Hall–Kier alpha value is -1.44. The standard InChI is InChI=1S/C23H35NO5S/c1-22(2,3)18-13-16(19(30-18)20(26)27)24-17(15-9-6-5-7-10-15)14-29-23(4,21(24)28)11-8-12-25/h13,15,17,25H,5-12,14H2,1-4H3,(H,26,27)/t17-,23+/m0/s1. The van der Waals surface area contributed by atoms with Gasteiger partial charge in [0.25, 0.3) is 5.91 Å². The lowest BCUT2D eigenvalue weighted by Crippen LogP contribution is -2.62. The summed E-state index contributed by atoms with van der Waals surface area (Å²) in [5.41, 5.74) is -0.743. The number of morpholine rings is 1. The molecule has 1 aliphatic heterocycles. The summed E-state index contributed by atoms with van der Waals surface area (Å²) in [6.45, 7) is 8.33. The zero-order valence-electron chi connectivity index (χ0n) is 18.6. The first kappa shape index (κ1) is 23.2. The number of carbonyl (C=O) groups excluding carboxylic acids is 1. The van der Waals surface area contributed by atoms with Gasteiger partial charge in [-0.3, -0.25) is 4.79 Å². The molecule has 0 aromatic carbocycles. The van der Waals surface area contributed by atoms with Gasteiger partial charge in [0.2, 0.25) is 0 Å². The number of carboxylic acids is 1. The fraction of sp³-hybridized carbons (Fsp3) is 0.739. The van der Waals surface area contributed by atoms with Crippen LogP contribution in [-0.4, -0.2) is 46.9 Å². The van der Waals surface area contributed by atoms with Gasteiger partial charge in [-0.15, -0.1) is 11.3 Å². The minimum atomic E-state index is -1.05. The number of hydrogen-bond donors (Lipinski definition) is 2. The molecule has 0 bridgehead atoms. The largest absolute Gasteiger partial charge is 0.477 e. The number of carboxylic acid groups (broad SMARTS) is 1. The maximum atomic E-state index is 13.8. The Morgan fingerprint density at radius 3 is 2.53 bits per heavy atom. The molecule has 2 heterocycles. The van der Waals surface area contributed by atoms with Crippen LogP contribution in [0.4, 0.5) is 5.69 Å². The quantitative estimate of drug-likeness (QED) is 0.680. The van der Waals surface area contributed by atoms with Crippen molar-refractivity contribution >= 4 is 28.9 Å². The fourth-order valence-electron chi connectivity index (χ4n) is 4.64. The van der Waals surface area contributed by atoms with E-state index in [0.717, 1.165) is 30.6 Å². The van der Waals surface area contributed by atoms with Crippen LogP contribution in [0.15, 0.2) is 6.07 Å². The van der Waals surface area contributed by atoms with Crippen molar-refractivity contribution in [1.29, 1.82) is 0 Å². The van der Waals surface area contributed by atoms with Crippen molar-refractivity contribution in [2.45, 2.75) is 89.7 Å². The summed E-state index contributed by atoms with van der Waals surface area (Å²) in [5.74, 6) is -0.868. The number of aliphatic hydroxyl groups excluding tert-OH is 1. The summed E-state index contributed by atoms with van der Waals surface area (Å²) in [7, 11) is 0. The number of nitrogens with zero attached hydrogens (tertiary/aromatic N) is 1. The third-order valence-electron chi connectivity index (χ3n) is 6.49. The van der Waals surface area contributed by atoms with Gasteiger partial charge in [0.1, 0.15) is 10.5 Å². The summed E-state index contributed by atoms with van der Waals surface area (Å²) in [5, 5.41) is 19.2. The molecule has 2 atom stereocenters. The second-order valence-electron chi connectivity index (χ2n) is 9.89. The molecule has 1 amide bonds. The minimum absolute atomic E-state index is 0.00865. The second kappa shape index (κ2) is 8.97. The SMILES string of the molecule is CC(C)(C)c1cc(N2C(=O)[C@@](C)(CCCO)OC[C@H]2C2CCCCC2)c(C(=O)O)s1. The Kier molecular flexibility index (Phi) is 6.94. The topological polar surface area (TPSA) is 87.1 Å². The number of hydrogen-bond acceptors (Lipinski definition) is 5. The Labute approximate surface area is 183 Å². The third-order valence-corrected chi connectivity index (χ3v) is 8.02. The van der Waals surface area contributed by atoms with Gasteiger partial charge < -0.3 is 19.8 Å². The van der Waals surface area contributed by atoms with Crippen molar-refractivity contribution in [3.05, 3.63) is 15.8 Å². The molecule has 2 aliphatic rings. The molecule has 3 rings (SSSR count). The van der Waals surface area contributed by atoms with E-state index in [0.29, 0.717) is 31.1 Å². The lowest BCUT2D eigenvalue weighted by Gasteiger charge is -2.47. The van der Waals surface area contributed by atoms with Gasteiger partial charge in [-0.25, -0.2) is 4.79 Å². The predicted octanol–water partition coefficient (Wildman–Crippen LogP) is 4.59. The molecular weight excluding hydrogens is 402 g/mol. The van der Waals surface area contributed by atoms with Gasteiger partial charge >= 0.3 is 5.97 Å². The zero-order valence-corrected chi connectivity index (χ0v) is 19.4. The van der Waals surface area contributed by atoms with Gasteiger partial charge in [0.15, 0.2) is 0 Å². The molecule has 0 spiro atoms. The average molecular weight is 438 g/mol. The molecule has 1 saturated carbocycles. The molecule has 1 saturated heterocycles. The molecule has 1 aliphatic carbocycles. The van der Waals surface area contributed by atoms with Gasteiger partial charge in [0, 0.05) is 11.5 Å². The number of aliphatic hydroxyl groups is 1. The van der Waals surface area contributed by atoms with E-state index < -0.39 is 11.6 Å². The molecule has 6 nitrogen and oxygen atoms in total. The molecule has 1 aromatic rings. The number of rotatable bonds is 6. The summed E-state index contributed by atoms with van der Waals surface area (Å²) in [6.07, 6.45) is 6.41. The molecule has 0 unspecified atom stereocenters. The first-order valence-corrected chi connectivity index (χ1v) is 11.9. The van der Waals surface area contributed by atoms with E-state index in [4.69, 9.17) is 4.74 Å². The molecule has 2 fully saturated rings. The Morgan fingerprint density at radius 1 is 1.30 bits per heavy atom. The number of carbonyl (C=O) groups is 2. The fourth-order valence-corrected chi connectivity index (χ4v) is 5.69. The van der Waals surface area contributed by atoms with Crippen LogP contribution in [-0.2, 0) is 14.9 Å². The van der Waals surface area contributed by atoms with E-state index in [1.54, 1.807) is 11.8 Å². The minimum Gasteiger partial charge on any atom is -0.477 e. The highest BCUT2D eigenvalue weighted by atomic mass is 32.1. The summed E-state index contributed by atoms with van der Waals surface area (Å²) >= 11 is 1.26. The molecule has 7 heteroatoms. The number of ether oxygens (including phenoxy) is 1. The van der Waals surface area contributed by atoms with Crippen molar-refractivity contribution in [3.8, 4) is 0 Å². The van der Waals surface area contributed by atoms with Crippen molar-refractivity contribution in [2.75, 3.05) is 18.1 Å². The van der Waals surface area contributed by atoms with Crippen molar-refractivity contribution < 1.29 is 24.5 Å². The van der Waals surface area contributed by atoms with Crippen LogP contribution in [0.3, 0.4) is 0 Å². The highest BCUT2D eigenvalue weighted by molar-refractivity contribution is 7.14. The van der Waals surface area contributed by atoms with Crippen molar-refractivity contribution in [2.24, 2.45) is 5.92 Å². The van der Waals surface area contributed by atoms with Crippen LogP contribution in [0.25, 0.3) is 0 Å². The van der Waals surface area contributed by atoms with Crippen LogP contribution in [0, 0.1) is 5.92 Å². The first-order valence-electron chi connectivity index (χ1n) is 11.0. The van der Waals surface area contributed by atoms with E-state index in [1.165, 1.54) is 17.8 Å². The number of anilines is 1. The highest BCUT2D eigenvalue weighted by Gasteiger charge is 2.49. The lowest BCUT2D eigenvalue weighted by molar-refractivity contribution is -0.154. The van der Waals surface area contributed by atoms with Crippen molar-refractivity contribution in [1.82, 2.24) is 0 Å². The number of thiophene rings is 1. The lowest BCUT2D eigenvalue weighted by atomic mass is 9.81. The second-order valence-corrected chi connectivity index (χ2v) is 10.9. The summed E-state index contributed by atoms with van der Waals surface area (Å²) in [6, 6.07) is 1.75. The van der Waals surface area contributed by atoms with Crippen LogP contribution in [0.5, 0.6) is 0 Å². The highest BCUT2D eigenvalue weighted by Crippen LogP contribution is 2.43. The maximum Gasteiger partial charge on any atom is 0.348 e. The van der Waals surface area contributed by atoms with Crippen LogP contribution in [0.2, 0.25) is 0 Å². The monoisotopic (exact) mass is 437 g/mol. The molecular formula is C23H35NO5S. The summed E-state index contributed by atoms with van der Waals surface area (Å²) in [4.78, 5) is 28.8. The Balaban J connectivity index is 2.07. The first-order chi connectivity index (χ1) is 14.1. The Morgan fingerprint density at radius 2 is 1.97 bits per heavy atom. The molecule has 30 heavy (non-hydrogen) atoms. The van der Waals surface area contributed by atoms with E-state index in [1.807, 2.05) is 6.07 Å². The number of amides is 1. The molecule has 168 valence electrons. The van der Waals surface area contributed by atoms with Crippen molar-refractivity contribution in [3.63, 3.8) is 0 Å². The average Bonchev–Trinajstić information content (AvgIpc) is 3.15. The van der Waals surface area contributed by atoms with Crippen LogP contribution < -0.4 is 4.90 Å². The van der Waals surface area contributed by atoms with Gasteiger partial charge in [-0.2, -0.15) is 0 Å². The van der Waals surface area contributed by atoms with E-state index in [9.17, 15) is 19.8 Å². The normalized spacial score (nSPS) is 26.2. The Bertz CT molecular complexity index is 777. The zero-order chi connectivity index (χ0) is 22.1.